The fourth-order valence-corrected chi connectivity index (χ4v) is 2.59. The average Bonchev–Trinajstić information content (AvgIpc) is 2.42. The van der Waals surface area contributed by atoms with Crippen LogP contribution in [0.5, 0.6) is 0 Å². The van der Waals surface area contributed by atoms with E-state index in [0.717, 1.165) is 24.5 Å². The van der Waals surface area contributed by atoms with Crippen molar-refractivity contribution < 1.29 is 22.3 Å². The SMILES string of the molecule is CS(=O)(=O)c1ccc(C(O)Cc2cc(F)ccc2F)cc1. The molecule has 0 heterocycles. The summed E-state index contributed by atoms with van der Waals surface area (Å²) >= 11 is 0. The standard InChI is InChI=1S/C15H14F2O3S/c1-21(19,20)13-5-2-10(3-6-13)15(18)9-11-8-12(16)4-7-14(11)17/h2-8,15,18H,9H2,1H3. The first-order valence-electron chi connectivity index (χ1n) is 6.19. The van der Waals surface area contributed by atoms with Crippen molar-refractivity contribution in [3.8, 4) is 0 Å². The third kappa shape index (κ3) is 3.86. The van der Waals surface area contributed by atoms with E-state index in [1.807, 2.05) is 0 Å². The maximum absolute atomic E-state index is 13.5. The van der Waals surface area contributed by atoms with Crippen LogP contribution >= 0.6 is 0 Å². The zero-order valence-electron chi connectivity index (χ0n) is 11.3. The number of halogens is 2. The van der Waals surface area contributed by atoms with Crippen molar-refractivity contribution in [3.63, 3.8) is 0 Å². The van der Waals surface area contributed by atoms with Gasteiger partial charge < -0.3 is 5.11 Å². The van der Waals surface area contributed by atoms with Crippen LogP contribution in [0, 0.1) is 11.6 Å². The third-order valence-corrected chi connectivity index (χ3v) is 4.24. The highest BCUT2D eigenvalue weighted by Gasteiger charge is 2.14. The second-order valence-corrected chi connectivity index (χ2v) is 6.81. The van der Waals surface area contributed by atoms with Gasteiger partial charge in [-0.2, -0.15) is 0 Å². The Bertz CT molecular complexity index is 740. The van der Waals surface area contributed by atoms with Crippen molar-refractivity contribution in [2.75, 3.05) is 6.26 Å². The Hall–Kier alpha value is -1.79. The van der Waals surface area contributed by atoms with Gasteiger partial charge in [-0.3, -0.25) is 0 Å². The van der Waals surface area contributed by atoms with Crippen LogP contribution in [-0.2, 0) is 16.3 Å². The molecule has 1 atom stereocenters. The second kappa shape index (κ2) is 5.91. The summed E-state index contributed by atoms with van der Waals surface area (Å²) in [6, 6.07) is 8.70. The summed E-state index contributed by atoms with van der Waals surface area (Å²) in [7, 11) is -3.31. The molecule has 0 radical (unpaired) electrons. The Balaban J connectivity index is 2.20. The molecule has 0 fully saturated rings. The van der Waals surface area contributed by atoms with E-state index < -0.39 is 27.6 Å². The molecule has 21 heavy (non-hydrogen) atoms. The lowest BCUT2D eigenvalue weighted by Crippen LogP contribution is -2.05. The lowest BCUT2D eigenvalue weighted by atomic mass is 10.0. The minimum atomic E-state index is -3.31. The molecule has 2 aromatic rings. The first-order valence-corrected chi connectivity index (χ1v) is 8.08. The zero-order chi connectivity index (χ0) is 15.6. The number of rotatable bonds is 4. The predicted octanol–water partition coefficient (Wildman–Crippen LogP) is 2.64. The van der Waals surface area contributed by atoms with Crippen molar-refractivity contribution in [1.29, 1.82) is 0 Å². The van der Waals surface area contributed by atoms with Crippen LogP contribution in [-0.4, -0.2) is 19.8 Å². The molecule has 0 amide bonds. The molecule has 6 heteroatoms. The highest BCUT2D eigenvalue weighted by Crippen LogP contribution is 2.22. The summed E-state index contributed by atoms with van der Waals surface area (Å²) in [6.07, 6.45) is -0.0579. The fraction of sp³-hybridized carbons (Fsp3) is 0.200. The number of hydrogen-bond donors (Lipinski definition) is 1. The van der Waals surface area contributed by atoms with E-state index in [1.54, 1.807) is 0 Å². The summed E-state index contributed by atoms with van der Waals surface area (Å²) in [5, 5.41) is 10.0. The van der Waals surface area contributed by atoms with E-state index in [4.69, 9.17) is 0 Å². The monoisotopic (exact) mass is 312 g/mol. The Morgan fingerprint density at radius 2 is 1.71 bits per heavy atom. The molecule has 1 unspecified atom stereocenters. The summed E-state index contributed by atoms with van der Waals surface area (Å²) in [6.45, 7) is 0. The van der Waals surface area contributed by atoms with Crippen LogP contribution in [0.2, 0.25) is 0 Å². The van der Waals surface area contributed by atoms with Crippen molar-refractivity contribution in [2.45, 2.75) is 17.4 Å². The lowest BCUT2D eigenvalue weighted by Gasteiger charge is -2.12. The largest absolute Gasteiger partial charge is 0.388 e. The highest BCUT2D eigenvalue weighted by molar-refractivity contribution is 7.90. The van der Waals surface area contributed by atoms with Crippen LogP contribution in [0.3, 0.4) is 0 Å². The highest BCUT2D eigenvalue weighted by atomic mass is 32.2. The average molecular weight is 312 g/mol. The molecule has 1 N–H and O–H groups in total. The van der Waals surface area contributed by atoms with Crippen molar-refractivity contribution >= 4 is 9.84 Å². The molecular weight excluding hydrogens is 298 g/mol. The normalized spacial score (nSPS) is 13.1. The van der Waals surface area contributed by atoms with Crippen LogP contribution in [0.25, 0.3) is 0 Å². The summed E-state index contributed by atoms with van der Waals surface area (Å²) in [4.78, 5) is 0.135. The van der Waals surface area contributed by atoms with Gasteiger partial charge in [0.2, 0.25) is 0 Å². The van der Waals surface area contributed by atoms with Gasteiger partial charge in [0.1, 0.15) is 11.6 Å². The molecule has 3 nitrogen and oxygen atoms in total. The number of aliphatic hydroxyl groups excluding tert-OH is 1. The van der Waals surface area contributed by atoms with Gasteiger partial charge in [-0.05, 0) is 41.5 Å². The Morgan fingerprint density at radius 1 is 1.10 bits per heavy atom. The van der Waals surface area contributed by atoms with Crippen molar-refractivity contribution in [3.05, 3.63) is 65.2 Å². The summed E-state index contributed by atoms with van der Waals surface area (Å²) in [5.41, 5.74) is 0.501. The predicted molar refractivity (Wildman–Crippen MR) is 74.6 cm³/mol. The molecule has 0 saturated heterocycles. The van der Waals surface area contributed by atoms with Gasteiger partial charge in [-0.15, -0.1) is 0 Å². The first kappa shape index (κ1) is 15.6. The first-order chi connectivity index (χ1) is 9.77. The quantitative estimate of drug-likeness (QED) is 0.944. The number of benzene rings is 2. The van der Waals surface area contributed by atoms with Crippen LogP contribution in [0.4, 0.5) is 8.78 Å². The van der Waals surface area contributed by atoms with Gasteiger partial charge in [-0.1, -0.05) is 12.1 Å². The molecule has 0 spiro atoms. The van der Waals surface area contributed by atoms with Crippen molar-refractivity contribution in [1.82, 2.24) is 0 Å². The lowest BCUT2D eigenvalue weighted by molar-refractivity contribution is 0.177. The molecule has 0 aliphatic carbocycles. The van der Waals surface area contributed by atoms with E-state index in [1.165, 1.54) is 24.3 Å². The Kier molecular flexibility index (Phi) is 4.39. The number of hydrogen-bond acceptors (Lipinski definition) is 3. The molecule has 112 valence electrons. The molecule has 0 aliphatic heterocycles. The minimum absolute atomic E-state index is 0.0645. The summed E-state index contributed by atoms with van der Waals surface area (Å²) < 4.78 is 49.2. The number of sulfone groups is 1. The molecule has 0 aliphatic rings. The smallest absolute Gasteiger partial charge is 0.175 e. The van der Waals surface area contributed by atoms with Gasteiger partial charge in [0.15, 0.2) is 9.84 Å². The zero-order valence-corrected chi connectivity index (χ0v) is 12.1. The molecule has 2 rings (SSSR count). The van der Waals surface area contributed by atoms with Crippen LogP contribution in [0.1, 0.15) is 17.2 Å². The summed E-state index contributed by atoms with van der Waals surface area (Å²) in [5.74, 6) is -1.17. The molecular formula is C15H14F2O3S. The van der Waals surface area contributed by atoms with Gasteiger partial charge in [0.05, 0.1) is 11.0 Å². The van der Waals surface area contributed by atoms with Gasteiger partial charge in [0, 0.05) is 12.7 Å². The van der Waals surface area contributed by atoms with E-state index in [-0.39, 0.29) is 16.9 Å². The van der Waals surface area contributed by atoms with Crippen LogP contribution < -0.4 is 0 Å². The Labute approximate surface area is 121 Å². The topological polar surface area (TPSA) is 54.4 Å². The maximum atomic E-state index is 13.5. The maximum Gasteiger partial charge on any atom is 0.175 e. The second-order valence-electron chi connectivity index (χ2n) is 4.80. The van der Waals surface area contributed by atoms with E-state index in [2.05, 4.69) is 0 Å². The molecule has 0 bridgehead atoms. The van der Waals surface area contributed by atoms with Crippen molar-refractivity contribution in [2.24, 2.45) is 0 Å². The molecule has 2 aromatic carbocycles. The Morgan fingerprint density at radius 3 is 2.29 bits per heavy atom. The fourth-order valence-electron chi connectivity index (χ4n) is 1.96. The molecule has 0 saturated carbocycles. The van der Waals surface area contributed by atoms with Gasteiger partial charge in [0.25, 0.3) is 0 Å². The van der Waals surface area contributed by atoms with E-state index >= 15 is 0 Å². The molecule has 0 aromatic heterocycles. The van der Waals surface area contributed by atoms with Gasteiger partial charge in [-0.25, -0.2) is 17.2 Å². The minimum Gasteiger partial charge on any atom is -0.388 e. The number of aliphatic hydroxyl groups is 1. The van der Waals surface area contributed by atoms with E-state index in [9.17, 15) is 22.3 Å². The van der Waals surface area contributed by atoms with Crippen LogP contribution in [0.15, 0.2) is 47.4 Å². The van der Waals surface area contributed by atoms with E-state index in [0.29, 0.717) is 5.56 Å². The third-order valence-electron chi connectivity index (χ3n) is 3.11. The van der Waals surface area contributed by atoms with Gasteiger partial charge >= 0.3 is 0 Å².